The Bertz CT molecular complexity index is 1130. The minimum Gasteiger partial charge on any atom is -0.494 e. The number of hydrogen-bond acceptors (Lipinski definition) is 5. The zero-order chi connectivity index (χ0) is 23.8. The number of aliphatic imine (C=N–C) groups is 1. The van der Waals surface area contributed by atoms with E-state index in [1.807, 2.05) is 72.8 Å². The van der Waals surface area contributed by atoms with Gasteiger partial charge in [-0.25, -0.2) is 4.99 Å². The number of rotatable bonds is 10. The Morgan fingerprint density at radius 2 is 1.82 bits per heavy atom. The third-order valence-corrected chi connectivity index (χ3v) is 5.77. The van der Waals surface area contributed by atoms with Gasteiger partial charge >= 0.3 is 0 Å². The number of aliphatic hydroxyl groups is 1. The molecule has 0 fully saturated rings. The molecule has 1 aliphatic heterocycles. The summed E-state index contributed by atoms with van der Waals surface area (Å²) in [5.74, 6) is 0.927. The molecule has 34 heavy (non-hydrogen) atoms. The topological polar surface area (TPSA) is 80.2 Å². The Kier molecular flexibility index (Phi) is 7.83. The van der Waals surface area contributed by atoms with Crippen molar-refractivity contribution in [2.75, 3.05) is 19.8 Å². The molecule has 176 valence electrons. The zero-order valence-electron chi connectivity index (χ0n) is 18.7. The molecular weight excluding hydrogens is 452 g/mol. The van der Waals surface area contributed by atoms with Crippen molar-refractivity contribution in [3.63, 3.8) is 0 Å². The van der Waals surface area contributed by atoms with E-state index < -0.39 is 5.54 Å². The zero-order valence-corrected chi connectivity index (χ0v) is 19.5. The first-order chi connectivity index (χ1) is 16.6. The minimum atomic E-state index is -1.08. The SMILES string of the molecule is O=C(NCc1cccc(Cl)c1)[C@@]1(Cc2ccccc2)COC(c2ccc(OCCCO)cc2)=N1. The van der Waals surface area contributed by atoms with Gasteiger partial charge in [0, 0.05) is 36.6 Å². The molecule has 0 unspecified atom stereocenters. The van der Waals surface area contributed by atoms with Crippen molar-refractivity contribution in [2.45, 2.75) is 24.9 Å². The highest BCUT2D eigenvalue weighted by molar-refractivity contribution is 6.30. The number of carbonyl (C=O) groups is 1. The van der Waals surface area contributed by atoms with Gasteiger partial charge in [0.2, 0.25) is 5.90 Å². The summed E-state index contributed by atoms with van der Waals surface area (Å²) in [6.07, 6.45) is 0.991. The van der Waals surface area contributed by atoms with Crippen molar-refractivity contribution in [1.82, 2.24) is 5.32 Å². The smallest absolute Gasteiger partial charge is 0.252 e. The van der Waals surface area contributed by atoms with E-state index in [2.05, 4.69) is 5.32 Å². The molecule has 1 atom stereocenters. The van der Waals surface area contributed by atoms with E-state index in [4.69, 9.17) is 31.2 Å². The lowest BCUT2D eigenvalue weighted by molar-refractivity contribution is -0.126. The standard InChI is InChI=1S/C27H27ClN2O4/c28-23-9-4-8-21(16-23)18-29-26(32)27(17-20-6-2-1-3-7-20)19-34-25(30-27)22-10-12-24(13-11-22)33-15-5-14-31/h1-4,6-13,16,31H,5,14-15,17-19H2,(H,29,32)/t27-/m1/s1. The molecular formula is C27H27ClN2O4. The maximum absolute atomic E-state index is 13.4. The first-order valence-electron chi connectivity index (χ1n) is 11.2. The monoisotopic (exact) mass is 478 g/mol. The number of hydrogen-bond donors (Lipinski definition) is 2. The molecule has 4 rings (SSSR count). The summed E-state index contributed by atoms with van der Waals surface area (Å²) in [5.41, 5.74) is 1.61. The van der Waals surface area contributed by atoms with Crippen LogP contribution in [-0.4, -0.2) is 42.3 Å². The van der Waals surface area contributed by atoms with Crippen LogP contribution in [-0.2, 0) is 22.5 Å². The third-order valence-electron chi connectivity index (χ3n) is 5.54. The van der Waals surface area contributed by atoms with Gasteiger partial charge in [0.25, 0.3) is 5.91 Å². The van der Waals surface area contributed by atoms with Crippen molar-refractivity contribution < 1.29 is 19.4 Å². The number of aliphatic hydroxyl groups excluding tert-OH is 1. The number of ether oxygens (including phenoxy) is 2. The summed E-state index contributed by atoms with van der Waals surface area (Å²) >= 11 is 6.08. The molecule has 0 saturated heterocycles. The molecule has 0 radical (unpaired) electrons. The minimum absolute atomic E-state index is 0.0889. The molecule has 1 heterocycles. The lowest BCUT2D eigenvalue weighted by Gasteiger charge is -2.23. The maximum atomic E-state index is 13.4. The van der Waals surface area contributed by atoms with Gasteiger partial charge in [0.1, 0.15) is 12.4 Å². The number of nitrogens with zero attached hydrogens (tertiary/aromatic N) is 1. The van der Waals surface area contributed by atoms with Crippen LogP contribution in [0.5, 0.6) is 5.75 Å². The molecule has 6 nitrogen and oxygen atoms in total. The number of amides is 1. The van der Waals surface area contributed by atoms with Gasteiger partial charge < -0.3 is 19.9 Å². The molecule has 3 aromatic carbocycles. The molecule has 1 amide bonds. The van der Waals surface area contributed by atoms with Gasteiger partial charge in [-0.3, -0.25) is 4.79 Å². The lowest BCUT2D eigenvalue weighted by atomic mass is 9.91. The van der Waals surface area contributed by atoms with Crippen LogP contribution in [0.1, 0.15) is 23.1 Å². The fraction of sp³-hybridized carbons (Fsp3) is 0.259. The van der Waals surface area contributed by atoms with Crippen LogP contribution in [0.2, 0.25) is 5.02 Å². The van der Waals surface area contributed by atoms with Crippen LogP contribution in [0.3, 0.4) is 0 Å². The number of carbonyl (C=O) groups excluding carboxylic acids is 1. The van der Waals surface area contributed by atoms with Gasteiger partial charge in [0.05, 0.1) is 6.61 Å². The Labute approximate surface area is 204 Å². The molecule has 0 aromatic heterocycles. The number of halogens is 1. The number of benzene rings is 3. The van der Waals surface area contributed by atoms with Gasteiger partial charge in [-0.15, -0.1) is 0 Å². The summed E-state index contributed by atoms with van der Waals surface area (Å²) in [6, 6.07) is 24.6. The second-order valence-corrected chi connectivity index (χ2v) is 8.60. The van der Waals surface area contributed by atoms with Crippen LogP contribution < -0.4 is 10.1 Å². The van der Waals surface area contributed by atoms with E-state index in [0.29, 0.717) is 42.7 Å². The molecule has 3 aromatic rings. The maximum Gasteiger partial charge on any atom is 0.252 e. The normalized spacial score (nSPS) is 17.1. The highest BCUT2D eigenvalue weighted by atomic mass is 35.5. The van der Waals surface area contributed by atoms with Crippen molar-refractivity contribution in [1.29, 1.82) is 0 Å². The molecule has 0 bridgehead atoms. The van der Waals surface area contributed by atoms with Crippen molar-refractivity contribution >= 4 is 23.4 Å². The third kappa shape index (κ3) is 5.95. The van der Waals surface area contributed by atoms with Crippen molar-refractivity contribution in [3.8, 4) is 5.75 Å². The fourth-order valence-corrected chi connectivity index (χ4v) is 3.97. The van der Waals surface area contributed by atoms with E-state index in [1.165, 1.54) is 0 Å². The van der Waals surface area contributed by atoms with Crippen LogP contribution in [0, 0.1) is 0 Å². The van der Waals surface area contributed by atoms with Gasteiger partial charge in [-0.2, -0.15) is 0 Å². The predicted molar refractivity (Wildman–Crippen MR) is 132 cm³/mol. The highest BCUT2D eigenvalue weighted by Crippen LogP contribution is 2.28. The summed E-state index contributed by atoms with van der Waals surface area (Å²) in [4.78, 5) is 18.2. The van der Waals surface area contributed by atoms with Crippen LogP contribution in [0.15, 0.2) is 83.9 Å². The van der Waals surface area contributed by atoms with E-state index in [1.54, 1.807) is 6.07 Å². The largest absolute Gasteiger partial charge is 0.494 e. The second-order valence-electron chi connectivity index (χ2n) is 8.16. The van der Waals surface area contributed by atoms with E-state index in [-0.39, 0.29) is 19.1 Å². The quantitative estimate of drug-likeness (QED) is 0.428. The van der Waals surface area contributed by atoms with Gasteiger partial charge in [-0.05, 0) is 47.5 Å². The first kappa shape index (κ1) is 23.8. The fourth-order valence-electron chi connectivity index (χ4n) is 3.76. The summed E-state index contributed by atoms with van der Waals surface area (Å²) < 4.78 is 11.5. The molecule has 2 N–H and O–H groups in total. The van der Waals surface area contributed by atoms with Crippen LogP contribution >= 0.6 is 11.6 Å². The molecule has 0 spiro atoms. The Hall–Kier alpha value is -3.35. The van der Waals surface area contributed by atoms with E-state index in [0.717, 1.165) is 16.7 Å². The van der Waals surface area contributed by atoms with Gasteiger partial charge in [0.15, 0.2) is 5.54 Å². The van der Waals surface area contributed by atoms with Crippen molar-refractivity contribution in [3.05, 3.63) is 101 Å². The first-order valence-corrected chi connectivity index (χ1v) is 11.6. The van der Waals surface area contributed by atoms with E-state index >= 15 is 0 Å². The molecule has 1 aliphatic rings. The van der Waals surface area contributed by atoms with Gasteiger partial charge in [-0.1, -0.05) is 54.1 Å². The highest BCUT2D eigenvalue weighted by Gasteiger charge is 2.44. The average Bonchev–Trinajstić information content (AvgIpc) is 3.29. The Morgan fingerprint density at radius 3 is 2.56 bits per heavy atom. The molecule has 7 heteroatoms. The molecule has 0 saturated carbocycles. The lowest BCUT2D eigenvalue weighted by Crippen LogP contribution is -2.48. The average molecular weight is 479 g/mol. The Morgan fingerprint density at radius 1 is 1.06 bits per heavy atom. The predicted octanol–water partition coefficient (Wildman–Crippen LogP) is 4.18. The summed E-state index contributed by atoms with van der Waals surface area (Å²) in [5, 5.41) is 12.5. The number of nitrogens with one attached hydrogen (secondary N) is 1. The second kappa shape index (κ2) is 11.2. The van der Waals surface area contributed by atoms with Crippen LogP contribution in [0.25, 0.3) is 0 Å². The van der Waals surface area contributed by atoms with E-state index in [9.17, 15) is 4.79 Å². The molecule has 0 aliphatic carbocycles. The Balaban J connectivity index is 1.54. The van der Waals surface area contributed by atoms with Crippen molar-refractivity contribution in [2.24, 2.45) is 4.99 Å². The summed E-state index contributed by atoms with van der Waals surface area (Å²) in [6.45, 7) is 1.03. The van der Waals surface area contributed by atoms with Crippen LogP contribution in [0.4, 0.5) is 0 Å². The summed E-state index contributed by atoms with van der Waals surface area (Å²) in [7, 11) is 0.